The van der Waals surface area contributed by atoms with Crippen LogP contribution < -0.4 is 15.5 Å². The summed E-state index contributed by atoms with van der Waals surface area (Å²) in [5, 5.41) is 8.87. The Kier molecular flexibility index (Phi) is 7.47. The van der Waals surface area contributed by atoms with Gasteiger partial charge in [-0.3, -0.25) is 9.89 Å². The van der Waals surface area contributed by atoms with Gasteiger partial charge < -0.3 is 15.5 Å². The van der Waals surface area contributed by atoms with Crippen molar-refractivity contribution in [2.24, 2.45) is 4.99 Å². The summed E-state index contributed by atoms with van der Waals surface area (Å²) in [6.07, 6.45) is 1.02. The Morgan fingerprint density at radius 2 is 1.81 bits per heavy atom. The minimum atomic E-state index is -0.180. The molecule has 0 bridgehead atoms. The summed E-state index contributed by atoms with van der Waals surface area (Å²) < 4.78 is 13.1. The van der Waals surface area contributed by atoms with Gasteiger partial charge in [-0.25, -0.2) is 4.39 Å². The standard InChI is InChI=1S/C20H28FN5S/c1-22-20(23-9-8-19-3-2-16-27-19)24-10-11-25-12-14-26(15-13-25)18-6-4-17(21)5-7-18/h2-7,16H,8-15H2,1H3,(H2,22,23,24). The van der Waals surface area contributed by atoms with Crippen LogP contribution in [0.15, 0.2) is 46.8 Å². The molecule has 146 valence electrons. The summed E-state index contributed by atoms with van der Waals surface area (Å²) in [7, 11) is 1.81. The first-order chi connectivity index (χ1) is 13.2. The van der Waals surface area contributed by atoms with Crippen LogP contribution in [0.5, 0.6) is 0 Å². The van der Waals surface area contributed by atoms with Gasteiger partial charge in [-0.05, 0) is 42.1 Å². The Balaban J connectivity index is 1.31. The number of piperazine rings is 1. The van der Waals surface area contributed by atoms with E-state index in [9.17, 15) is 4.39 Å². The lowest BCUT2D eigenvalue weighted by atomic mass is 10.2. The maximum absolute atomic E-state index is 13.1. The molecule has 0 saturated carbocycles. The van der Waals surface area contributed by atoms with Gasteiger partial charge in [0.2, 0.25) is 0 Å². The Morgan fingerprint density at radius 3 is 2.48 bits per heavy atom. The number of rotatable bonds is 7. The topological polar surface area (TPSA) is 42.9 Å². The molecule has 3 rings (SSSR count). The number of halogens is 1. The Bertz CT molecular complexity index is 694. The van der Waals surface area contributed by atoms with Crippen LogP contribution in [0.2, 0.25) is 0 Å². The molecule has 2 aromatic rings. The normalized spacial score (nSPS) is 15.8. The Labute approximate surface area is 164 Å². The van der Waals surface area contributed by atoms with E-state index >= 15 is 0 Å². The minimum Gasteiger partial charge on any atom is -0.369 e. The second kappa shape index (κ2) is 10.3. The van der Waals surface area contributed by atoms with Crippen LogP contribution in [0.3, 0.4) is 0 Å². The fourth-order valence-corrected chi connectivity index (χ4v) is 3.90. The molecule has 27 heavy (non-hydrogen) atoms. The predicted molar refractivity (Wildman–Crippen MR) is 112 cm³/mol. The molecule has 7 heteroatoms. The molecule has 2 heterocycles. The Morgan fingerprint density at radius 1 is 1.07 bits per heavy atom. The zero-order chi connectivity index (χ0) is 18.9. The summed E-state index contributed by atoms with van der Waals surface area (Å²) in [6, 6.07) is 11.0. The number of nitrogens with zero attached hydrogens (tertiary/aromatic N) is 3. The SMILES string of the molecule is CN=C(NCCc1cccs1)NCCN1CCN(c2ccc(F)cc2)CC1. The molecule has 1 aliphatic rings. The van der Waals surface area contributed by atoms with Gasteiger partial charge in [-0.2, -0.15) is 0 Å². The highest BCUT2D eigenvalue weighted by molar-refractivity contribution is 7.09. The van der Waals surface area contributed by atoms with Crippen molar-refractivity contribution in [3.63, 3.8) is 0 Å². The van der Waals surface area contributed by atoms with Gasteiger partial charge in [0, 0.05) is 63.4 Å². The molecular formula is C20H28FN5S. The van der Waals surface area contributed by atoms with Crippen LogP contribution in [0.1, 0.15) is 4.88 Å². The summed E-state index contributed by atoms with van der Waals surface area (Å²) in [5.41, 5.74) is 1.10. The van der Waals surface area contributed by atoms with Gasteiger partial charge in [0.15, 0.2) is 5.96 Å². The molecule has 1 saturated heterocycles. The molecule has 1 aromatic heterocycles. The smallest absolute Gasteiger partial charge is 0.191 e. The van der Waals surface area contributed by atoms with Crippen molar-refractivity contribution >= 4 is 23.0 Å². The molecule has 1 aliphatic heterocycles. The van der Waals surface area contributed by atoms with E-state index < -0.39 is 0 Å². The minimum absolute atomic E-state index is 0.180. The molecule has 1 fully saturated rings. The van der Waals surface area contributed by atoms with Gasteiger partial charge in [0.1, 0.15) is 5.82 Å². The van der Waals surface area contributed by atoms with Crippen LogP contribution in [0, 0.1) is 5.82 Å². The third kappa shape index (κ3) is 6.22. The van der Waals surface area contributed by atoms with E-state index in [1.54, 1.807) is 11.3 Å². The van der Waals surface area contributed by atoms with E-state index in [1.165, 1.54) is 17.0 Å². The van der Waals surface area contributed by atoms with Gasteiger partial charge in [0.05, 0.1) is 0 Å². The van der Waals surface area contributed by atoms with Gasteiger partial charge >= 0.3 is 0 Å². The number of aliphatic imine (C=N–C) groups is 1. The molecule has 0 unspecified atom stereocenters. The molecule has 0 spiro atoms. The zero-order valence-corrected chi connectivity index (χ0v) is 16.6. The molecule has 2 N–H and O–H groups in total. The fraction of sp³-hybridized carbons (Fsp3) is 0.450. The zero-order valence-electron chi connectivity index (χ0n) is 15.8. The summed E-state index contributed by atoms with van der Waals surface area (Å²) in [4.78, 5) is 10.4. The van der Waals surface area contributed by atoms with Crippen molar-refractivity contribution in [2.45, 2.75) is 6.42 Å². The van der Waals surface area contributed by atoms with Crippen molar-refractivity contribution in [3.8, 4) is 0 Å². The van der Waals surface area contributed by atoms with Crippen molar-refractivity contribution in [3.05, 3.63) is 52.5 Å². The molecule has 0 atom stereocenters. The molecule has 0 amide bonds. The maximum atomic E-state index is 13.1. The Hall–Kier alpha value is -2.12. The lowest BCUT2D eigenvalue weighted by Crippen LogP contribution is -2.49. The molecule has 1 aromatic carbocycles. The highest BCUT2D eigenvalue weighted by Crippen LogP contribution is 2.16. The van der Waals surface area contributed by atoms with E-state index in [0.29, 0.717) is 0 Å². The first-order valence-corrected chi connectivity index (χ1v) is 10.3. The van der Waals surface area contributed by atoms with Crippen LogP contribution in [0.25, 0.3) is 0 Å². The van der Waals surface area contributed by atoms with E-state index in [1.807, 2.05) is 19.2 Å². The average Bonchev–Trinajstić information content (AvgIpc) is 3.21. The van der Waals surface area contributed by atoms with Crippen LogP contribution in [-0.4, -0.2) is 63.7 Å². The van der Waals surface area contributed by atoms with Crippen LogP contribution in [-0.2, 0) is 6.42 Å². The number of nitrogens with one attached hydrogen (secondary N) is 2. The predicted octanol–water partition coefficient (Wildman–Crippen LogP) is 2.42. The second-order valence-corrected chi connectivity index (χ2v) is 7.59. The van der Waals surface area contributed by atoms with Gasteiger partial charge in [0.25, 0.3) is 0 Å². The lowest BCUT2D eigenvalue weighted by Gasteiger charge is -2.36. The number of thiophene rings is 1. The molecule has 0 aliphatic carbocycles. The molecule has 0 radical (unpaired) electrons. The van der Waals surface area contributed by atoms with E-state index in [0.717, 1.165) is 63.9 Å². The second-order valence-electron chi connectivity index (χ2n) is 6.56. The number of hydrogen-bond donors (Lipinski definition) is 2. The van der Waals surface area contributed by atoms with E-state index in [-0.39, 0.29) is 5.82 Å². The summed E-state index contributed by atoms with van der Waals surface area (Å²) in [6.45, 7) is 6.72. The van der Waals surface area contributed by atoms with Crippen LogP contribution in [0.4, 0.5) is 10.1 Å². The molecular weight excluding hydrogens is 361 g/mol. The highest BCUT2D eigenvalue weighted by atomic mass is 32.1. The average molecular weight is 390 g/mol. The monoisotopic (exact) mass is 389 g/mol. The molecule has 5 nitrogen and oxygen atoms in total. The highest BCUT2D eigenvalue weighted by Gasteiger charge is 2.16. The number of guanidine groups is 1. The number of anilines is 1. The van der Waals surface area contributed by atoms with Gasteiger partial charge in [-0.1, -0.05) is 6.07 Å². The van der Waals surface area contributed by atoms with E-state index in [2.05, 4.69) is 42.9 Å². The quantitative estimate of drug-likeness (QED) is 0.564. The van der Waals surface area contributed by atoms with Crippen LogP contribution >= 0.6 is 11.3 Å². The maximum Gasteiger partial charge on any atom is 0.191 e. The first kappa shape index (κ1) is 19.6. The van der Waals surface area contributed by atoms with Crippen molar-refractivity contribution in [2.75, 3.05) is 57.8 Å². The van der Waals surface area contributed by atoms with Crippen molar-refractivity contribution < 1.29 is 4.39 Å². The number of hydrogen-bond acceptors (Lipinski definition) is 4. The van der Waals surface area contributed by atoms with Crippen molar-refractivity contribution in [1.82, 2.24) is 15.5 Å². The fourth-order valence-electron chi connectivity index (χ4n) is 3.19. The van der Waals surface area contributed by atoms with Gasteiger partial charge in [-0.15, -0.1) is 11.3 Å². The number of benzene rings is 1. The summed E-state index contributed by atoms with van der Waals surface area (Å²) in [5.74, 6) is 0.678. The lowest BCUT2D eigenvalue weighted by molar-refractivity contribution is 0.261. The largest absolute Gasteiger partial charge is 0.369 e. The first-order valence-electron chi connectivity index (χ1n) is 9.44. The summed E-state index contributed by atoms with van der Waals surface area (Å²) >= 11 is 1.79. The van der Waals surface area contributed by atoms with Crippen molar-refractivity contribution in [1.29, 1.82) is 0 Å². The van der Waals surface area contributed by atoms with E-state index in [4.69, 9.17) is 0 Å². The third-order valence-corrected chi connectivity index (χ3v) is 5.69. The third-order valence-electron chi connectivity index (χ3n) is 4.75.